The molecule has 0 bridgehead atoms. The second-order valence-electron chi connectivity index (χ2n) is 6.95. The van der Waals surface area contributed by atoms with E-state index in [9.17, 15) is 5.11 Å². The summed E-state index contributed by atoms with van der Waals surface area (Å²) in [5.74, 6) is 0.399. The Morgan fingerprint density at radius 2 is 1.46 bits per heavy atom. The van der Waals surface area contributed by atoms with Gasteiger partial charge < -0.3 is 29.9 Å². The van der Waals surface area contributed by atoms with Gasteiger partial charge in [-0.3, -0.25) is 0 Å². The van der Waals surface area contributed by atoms with Crippen LogP contribution in [0.1, 0.15) is 31.9 Å². The number of benzene rings is 2. The smallest absolute Gasteiger partial charge is 1.00 e. The summed E-state index contributed by atoms with van der Waals surface area (Å²) in [6, 6.07) is 12.2. The maximum Gasteiger partial charge on any atom is 2.00 e. The molecule has 0 aliphatic carbocycles. The third kappa shape index (κ3) is 5.37. The van der Waals surface area contributed by atoms with E-state index in [2.05, 4.69) is 52.9 Å². The van der Waals surface area contributed by atoms with E-state index in [1.165, 1.54) is 16.3 Å². The SMILES string of the molecule is Cc1cc(O)c(-c2ccccc2)c(C(C)(C)C)c1[Si](C)C.[Cl-].[Cl-].[Ti+2]. The number of hydrogen-bond donors (Lipinski definition) is 1. The zero-order chi connectivity index (χ0) is 15.8. The molecule has 0 saturated heterocycles. The minimum atomic E-state index is -0.611. The Labute approximate surface area is 175 Å². The molecule has 0 amide bonds. The second kappa shape index (κ2) is 10.0. The molecule has 1 nitrogen and oxygen atoms in total. The number of halogens is 2. The van der Waals surface area contributed by atoms with Crippen LogP contribution in [0.15, 0.2) is 36.4 Å². The summed E-state index contributed by atoms with van der Waals surface area (Å²) < 4.78 is 0. The maximum absolute atomic E-state index is 10.6. The van der Waals surface area contributed by atoms with Crippen LogP contribution in [-0.4, -0.2) is 13.9 Å². The van der Waals surface area contributed by atoms with Gasteiger partial charge in [0, 0.05) is 5.56 Å². The average molecular weight is 416 g/mol. The van der Waals surface area contributed by atoms with Crippen LogP contribution >= 0.6 is 0 Å². The van der Waals surface area contributed by atoms with Gasteiger partial charge in [0.25, 0.3) is 0 Å². The van der Waals surface area contributed by atoms with Crippen molar-refractivity contribution in [1.82, 2.24) is 0 Å². The summed E-state index contributed by atoms with van der Waals surface area (Å²) in [5, 5.41) is 12.1. The molecular weight excluding hydrogens is 391 g/mol. The predicted molar refractivity (Wildman–Crippen MR) is 94.1 cm³/mol. The molecule has 0 heterocycles. The Hall–Kier alpha value is -0.249. The Morgan fingerprint density at radius 3 is 1.88 bits per heavy atom. The van der Waals surface area contributed by atoms with Gasteiger partial charge in [0.1, 0.15) is 5.75 Å². The topological polar surface area (TPSA) is 20.2 Å². The first-order valence-corrected chi connectivity index (χ1v) is 9.96. The number of aromatic hydroxyl groups is 1. The molecule has 2 aromatic carbocycles. The first-order chi connectivity index (χ1) is 9.73. The van der Waals surface area contributed by atoms with Crippen molar-refractivity contribution in [3.05, 3.63) is 47.5 Å². The first-order valence-electron chi connectivity index (χ1n) is 7.46. The molecule has 2 aromatic rings. The van der Waals surface area contributed by atoms with Crippen LogP contribution in [-0.2, 0) is 27.1 Å². The summed E-state index contributed by atoms with van der Waals surface area (Å²) in [7, 11) is -0.611. The summed E-state index contributed by atoms with van der Waals surface area (Å²) in [6.07, 6.45) is 0. The van der Waals surface area contributed by atoms with E-state index < -0.39 is 8.80 Å². The normalized spacial score (nSPS) is 10.5. The quantitative estimate of drug-likeness (QED) is 0.600. The molecule has 5 heteroatoms. The molecule has 0 saturated carbocycles. The van der Waals surface area contributed by atoms with Gasteiger partial charge >= 0.3 is 21.7 Å². The summed E-state index contributed by atoms with van der Waals surface area (Å²) in [5.41, 5.74) is 4.65. The molecule has 0 spiro atoms. The monoisotopic (exact) mass is 415 g/mol. The van der Waals surface area contributed by atoms with Gasteiger partial charge in [-0.25, -0.2) is 0 Å². The molecule has 0 atom stereocenters. The van der Waals surface area contributed by atoms with Crippen LogP contribution < -0.4 is 30.0 Å². The largest absolute Gasteiger partial charge is 2.00 e. The summed E-state index contributed by atoms with van der Waals surface area (Å²) >= 11 is 0. The van der Waals surface area contributed by atoms with Crippen molar-refractivity contribution in [2.24, 2.45) is 0 Å². The molecule has 0 fully saturated rings. The molecular formula is C19H25Cl2OSiTi. The van der Waals surface area contributed by atoms with E-state index >= 15 is 0 Å². The molecule has 2 rings (SSSR count). The second-order valence-corrected chi connectivity index (χ2v) is 9.45. The molecule has 1 radical (unpaired) electrons. The van der Waals surface area contributed by atoms with Gasteiger partial charge in [-0.05, 0) is 35.1 Å². The third-order valence-electron chi connectivity index (χ3n) is 3.82. The fourth-order valence-electron chi connectivity index (χ4n) is 3.09. The molecule has 0 aromatic heterocycles. The summed E-state index contributed by atoms with van der Waals surface area (Å²) in [4.78, 5) is 0. The number of phenols is 1. The van der Waals surface area contributed by atoms with E-state index in [0.717, 1.165) is 11.1 Å². The molecule has 0 aliphatic rings. The van der Waals surface area contributed by atoms with Crippen molar-refractivity contribution >= 4 is 14.0 Å². The van der Waals surface area contributed by atoms with Gasteiger partial charge in [0.15, 0.2) is 0 Å². The number of rotatable bonds is 2. The van der Waals surface area contributed by atoms with Gasteiger partial charge in [-0.15, -0.1) is 0 Å². The van der Waals surface area contributed by atoms with Crippen LogP contribution in [0.3, 0.4) is 0 Å². The van der Waals surface area contributed by atoms with Crippen LogP contribution in [0.25, 0.3) is 11.1 Å². The molecule has 0 unspecified atom stereocenters. The molecule has 0 aliphatic heterocycles. The van der Waals surface area contributed by atoms with Crippen LogP contribution in [0.4, 0.5) is 0 Å². The third-order valence-corrected chi connectivity index (χ3v) is 5.46. The van der Waals surface area contributed by atoms with Gasteiger partial charge in [-0.2, -0.15) is 0 Å². The number of hydrogen-bond acceptors (Lipinski definition) is 1. The van der Waals surface area contributed by atoms with E-state index in [-0.39, 0.29) is 51.9 Å². The predicted octanol–water partition coefficient (Wildman–Crippen LogP) is -1.37. The van der Waals surface area contributed by atoms with Crippen molar-refractivity contribution in [1.29, 1.82) is 0 Å². The molecule has 24 heavy (non-hydrogen) atoms. The van der Waals surface area contributed by atoms with Crippen molar-refractivity contribution in [3.8, 4) is 16.9 Å². The van der Waals surface area contributed by atoms with E-state index in [0.29, 0.717) is 5.75 Å². The van der Waals surface area contributed by atoms with E-state index in [1.54, 1.807) is 0 Å². The van der Waals surface area contributed by atoms with E-state index in [1.807, 2.05) is 24.3 Å². The van der Waals surface area contributed by atoms with Crippen molar-refractivity contribution in [2.45, 2.75) is 46.2 Å². The maximum atomic E-state index is 10.6. The zero-order valence-corrected chi connectivity index (χ0v) is 19.2. The van der Waals surface area contributed by atoms with Crippen LogP contribution in [0.5, 0.6) is 5.75 Å². The van der Waals surface area contributed by atoms with Crippen molar-refractivity contribution in [3.63, 3.8) is 0 Å². The fraction of sp³-hybridized carbons (Fsp3) is 0.368. The van der Waals surface area contributed by atoms with E-state index in [4.69, 9.17) is 0 Å². The van der Waals surface area contributed by atoms with Gasteiger partial charge in [-0.1, -0.05) is 69.4 Å². The molecule has 1 N–H and O–H groups in total. The Balaban J connectivity index is 0. The fourth-order valence-corrected chi connectivity index (χ4v) is 4.95. The minimum absolute atomic E-state index is 0. The Bertz CT molecular complexity index is 653. The van der Waals surface area contributed by atoms with Crippen molar-refractivity contribution < 1.29 is 51.6 Å². The number of aryl methyl sites for hydroxylation is 1. The van der Waals surface area contributed by atoms with Gasteiger partial charge in [0.05, 0.1) is 8.80 Å². The van der Waals surface area contributed by atoms with Crippen LogP contribution in [0.2, 0.25) is 13.1 Å². The first kappa shape index (κ1) is 26.0. The summed E-state index contributed by atoms with van der Waals surface area (Å²) in [6.45, 7) is 13.5. The minimum Gasteiger partial charge on any atom is -1.00 e. The van der Waals surface area contributed by atoms with Gasteiger partial charge in [0.2, 0.25) is 0 Å². The van der Waals surface area contributed by atoms with Crippen LogP contribution in [0, 0.1) is 6.92 Å². The zero-order valence-electron chi connectivity index (χ0n) is 15.2. The molecule has 129 valence electrons. The Morgan fingerprint density at radius 1 is 0.958 bits per heavy atom. The van der Waals surface area contributed by atoms with Crippen molar-refractivity contribution in [2.75, 3.05) is 0 Å². The number of phenolic OH excluding ortho intramolecular Hbond substituents is 1. The Kier molecular flexibility index (Phi) is 10.9. The standard InChI is InChI=1S/C19H25OSi.2ClH.Ti/c1-13-12-15(20)16(14-10-8-7-9-11-14)17(19(2,3)4)18(13)21(5)6;;;/h7-12,20H,1-6H3;2*1H;/q;;;+2/p-2. The average Bonchev–Trinajstić information content (AvgIpc) is 2.37.